The Morgan fingerprint density at radius 3 is 3.08 bits per heavy atom. The summed E-state index contributed by atoms with van der Waals surface area (Å²) >= 11 is 5.23. The van der Waals surface area contributed by atoms with Crippen LogP contribution in [0.3, 0.4) is 0 Å². The van der Waals surface area contributed by atoms with Crippen LogP contribution in [0.5, 0.6) is 0 Å². The minimum absolute atomic E-state index is 0.218. The molecule has 0 saturated heterocycles. The third kappa shape index (κ3) is 1.06. The van der Waals surface area contributed by atoms with Gasteiger partial charge >= 0.3 is 0 Å². The fourth-order valence-corrected chi connectivity index (χ4v) is 1.02. The van der Waals surface area contributed by atoms with Gasteiger partial charge < -0.3 is 0 Å². The van der Waals surface area contributed by atoms with Gasteiger partial charge in [-0.3, -0.25) is 4.79 Å². The molecule has 0 atom stereocenters. The fourth-order valence-electron chi connectivity index (χ4n) is 0.926. The van der Waals surface area contributed by atoms with E-state index in [4.69, 9.17) is 11.6 Å². The lowest BCUT2D eigenvalue weighted by Gasteiger charge is -1.86. The Bertz CT molecular complexity index is 404. The zero-order chi connectivity index (χ0) is 8.55. The van der Waals surface area contributed by atoms with E-state index in [0.29, 0.717) is 5.65 Å². The first-order valence-corrected chi connectivity index (χ1v) is 3.65. The van der Waals surface area contributed by atoms with E-state index in [0.717, 1.165) is 0 Å². The van der Waals surface area contributed by atoms with Gasteiger partial charge in [0.15, 0.2) is 5.65 Å². The molecule has 0 aromatic carbocycles. The maximum Gasteiger partial charge on any atom is 0.272 e. The van der Waals surface area contributed by atoms with Gasteiger partial charge in [-0.05, 0) is 17.7 Å². The zero-order valence-corrected chi connectivity index (χ0v) is 6.69. The number of carbonyl (C=O) groups excluding carboxylic acids is 1. The van der Waals surface area contributed by atoms with E-state index in [1.807, 2.05) is 0 Å². The molecule has 5 heteroatoms. The minimum atomic E-state index is -0.569. The van der Waals surface area contributed by atoms with E-state index >= 15 is 0 Å². The number of halogens is 1. The molecule has 12 heavy (non-hydrogen) atoms. The summed E-state index contributed by atoms with van der Waals surface area (Å²) in [5.74, 6) is 0. The van der Waals surface area contributed by atoms with Gasteiger partial charge in [-0.15, -0.1) is 0 Å². The van der Waals surface area contributed by atoms with Crippen molar-refractivity contribution >= 4 is 22.5 Å². The summed E-state index contributed by atoms with van der Waals surface area (Å²) < 4.78 is 1.50. The lowest BCUT2D eigenvalue weighted by molar-refractivity contribution is 0.107. The van der Waals surface area contributed by atoms with Crippen LogP contribution in [-0.4, -0.2) is 19.8 Å². The van der Waals surface area contributed by atoms with Gasteiger partial charge in [-0.2, -0.15) is 5.10 Å². The first kappa shape index (κ1) is 7.24. The summed E-state index contributed by atoms with van der Waals surface area (Å²) in [5.41, 5.74) is 0.830. The van der Waals surface area contributed by atoms with E-state index in [2.05, 4.69) is 10.1 Å². The predicted molar refractivity (Wildman–Crippen MR) is 43.2 cm³/mol. The van der Waals surface area contributed by atoms with Crippen LogP contribution >= 0.6 is 11.6 Å². The summed E-state index contributed by atoms with van der Waals surface area (Å²) in [6.45, 7) is 0. The second-order valence-corrected chi connectivity index (χ2v) is 2.57. The minimum Gasteiger partial charge on any atom is -0.274 e. The van der Waals surface area contributed by atoms with Crippen LogP contribution in [0.1, 0.15) is 10.5 Å². The standard InChI is InChI=1S/C7H4ClN3O/c8-7(12)5-4-6-9-2-1-3-11(6)10-5/h1-4H. The first-order chi connectivity index (χ1) is 5.77. The third-order valence-electron chi connectivity index (χ3n) is 1.44. The van der Waals surface area contributed by atoms with Crippen molar-refractivity contribution in [1.82, 2.24) is 14.6 Å². The number of aromatic nitrogens is 3. The smallest absolute Gasteiger partial charge is 0.272 e. The molecule has 2 rings (SSSR count). The van der Waals surface area contributed by atoms with Gasteiger partial charge in [0.1, 0.15) is 5.69 Å². The Balaban J connectivity index is 2.70. The number of nitrogens with zero attached hydrogens (tertiary/aromatic N) is 3. The molecule has 0 spiro atoms. The maximum absolute atomic E-state index is 10.7. The molecule has 2 heterocycles. The van der Waals surface area contributed by atoms with Gasteiger partial charge in [-0.1, -0.05) is 0 Å². The molecule has 0 amide bonds. The van der Waals surface area contributed by atoms with E-state index in [-0.39, 0.29) is 5.69 Å². The van der Waals surface area contributed by atoms with E-state index < -0.39 is 5.24 Å². The first-order valence-electron chi connectivity index (χ1n) is 3.27. The Morgan fingerprint density at radius 2 is 2.42 bits per heavy atom. The summed E-state index contributed by atoms with van der Waals surface area (Å²) in [6.07, 6.45) is 3.32. The maximum atomic E-state index is 10.7. The Labute approximate surface area is 72.8 Å². The van der Waals surface area contributed by atoms with Crippen molar-refractivity contribution in [3.05, 3.63) is 30.2 Å². The van der Waals surface area contributed by atoms with Gasteiger partial charge in [0.05, 0.1) is 0 Å². The van der Waals surface area contributed by atoms with Crippen molar-refractivity contribution in [3.63, 3.8) is 0 Å². The largest absolute Gasteiger partial charge is 0.274 e. The van der Waals surface area contributed by atoms with Crippen LogP contribution in [0, 0.1) is 0 Å². The van der Waals surface area contributed by atoms with Gasteiger partial charge in [-0.25, -0.2) is 9.50 Å². The Morgan fingerprint density at radius 1 is 1.58 bits per heavy atom. The Hall–Kier alpha value is -1.42. The molecule has 0 unspecified atom stereocenters. The summed E-state index contributed by atoms with van der Waals surface area (Å²) in [4.78, 5) is 14.7. The molecule has 0 bridgehead atoms. The molecule has 0 fully saturated rings. The second kappa shape index (κ2) is 2.57. The topological polar surface area (TPSA) is 47.3 Å². The highest BCUT2D eigenvalue weighted by Gasteiger charge is 2.06. The van der Waals surface area contributed by atoms with Crippen molar-refractivity contribution in [3.8, 4) is 0 Å². The molecule has 60 valence electrons. The van der Waals surface area contributed by atoms with Gasteiger partial charge in [0.2, 0.25) is 0 Å². The normalized spacial score (nSPS) is 10.4. The number of rotatable bonds is 1. The van der Waals surface area contributed by atoms with Crippen LogP contribution < -0.4 is 0 Å². The molecule has 0 aliphatic carbocycles. The molecule has 0 aliphatic rings. The summed E-state index contributed by atoms with van der Waals surface area (Å²) in [6, 6.07) is 3.26. The quantitative estimate of drug-likeness (QED) is 0.620. The molecule has 4 nitrogen and oxygen atoms in total. The van der Waals surface area contributed by atoms with Crippen LogP contribution in [0.25, 0.3) is 5.65 Å². The molecule has 0 N–H and O–H groups in total. The molecule has 0 radical (unpaired) electrons. The fraction of sp³-hybridized carbons (Fsp3) is 0. The predicted octanol–water partition coefficient (Wildman–Crippen LogP) is 1.11. The zero-order valence-electron chi connectivity index (χ0n) is 5.94. The van der Waals surface area contributed by atoms with Crippen molar-refractivity contribution in [1.29, 1.82) is 0 Å². The third-order valence-corrected chi connectivity index (χ3v) is 1.63. The average molecular weight is 182 g/mol. The number of fused-ring (bicyclic) bond motifs is 1. The highest BCUT2D eigenvalue weighted by atomic mass is 35.5. The van der Waals surface area contributed by atoms with Crippen molar-refractivity contribution in [2.75, 3.05) is 0 Å². The van der Waals surface area contributed by atoms with Crippen LogP contribution in [-0.2, 0) is 0 Å². The highest BCUT2D eigenvalue weighted by Crippen LogP contribution is 2.04. The van der Waals surface area contributed by atoms with Crippen molar-refractivity contribution in [2.24, 2.45) is 0 Å². The molecular weight excluding hydrogens is 178 g/mol. The molecule has 0 saturated carbocycles. The van der Waals surface area contributed by atoms with Crippen LogP contribution in [0.2, 0.25) is 0 Å². The van der Waals surface area contributed by atoms with E-state index in [9.17, 15) is 4.79 Å². The van der Waals surface area contributed by atoms with Gasteiger partial charge in [0.25, 0.3) is 5.24 Å². The number of carbonyl (C=O) groups is 1. The second-order valence-electron chi connectivity index (χ2n) is 2.23. The summed E-state index contributed by atoms with van der Waals surface area (Å²) in [7, 11) is 0. The summed E-state index contributed by atoms with van der Waals surface area (Å²) in [5, 5.41) is 3.32. The van der Waals surface area contributed by atoms with Crippen molar-refractivity contribution < 1.29 is 4.79 Å². The number of hydrogen-bond acceptors (Lipinski definition) is 3. The lowest BCUT2D eigenvalue weighted by atomic mass is 10.5. The molecular formula is C7H4ClN3O. The lowest BCUT2D eigenvalue weighted by Crippen LogP contribution is -1.91. The average Bonchev–Trinajstić information content (AvgIpc) is 2.46. The van der Waals surface area contributed by atoms with Crippen molar-refractivity contribution in [2.45, 2.75) is 0 Å². The SMILES string of the molecule is O=C(Cl)c1cc2ncccn2n1. The van der Waals surface area contributed by atoms with Crippen LogP contribution in [0.4, 0.5) is 0 Å². The Kier molecular flexibility index (Phi) is 1.55. The molecule has 2 aromatic heterocycles. The molecule has 2 aromatic rings. The van der Waals surface area contributed by atoms with E-state index in [1.165, 1.54) is 10.6 Å². The number of hydrogen-bond donors (Lipinski definition) is 0. The molecule has 0 aliphatic heterocycles. The van der Waals surface area contributed by atoms with E-state index in [1.54, 1.807) is 18.5 Å². The highest BCUT2D eigenvalue weighted by molar-refractivity contribution is 6.67. The van der Waals surface area contributed by atoms with Crippen LogP contribution in [0.15, 0.2) is 24.5 Å². The van der Waals surface area contributed by atoms with Gasteiger partial charge in [0, 0.05) is 18.5 Å². The monoisotopic (exact) mass is 181 g/mol.